The summed E-state index contributed by atoms with van der Waals surface area (Å²) in [6.07, 6.45) is 6.33. The largest absolute Gasteiger partial charge is 0.493 e. The lowest BCUT2D eigenvalue weighted by Crippen LogP contribution is -2.00. The Morgan fingerprint density at radius 1 is 0.821 bits per heavy atom. The van der Waals surface area contributed by atoms with Gasteiger partial charge in [0.2, 0.25) is 5.75 Å². The molecule has 0 heterocycles. The number of nitrogens with one attached hydrogen (secondary N) is 1. The highest BCUT2D eigenvalue weighted by atomic mass is 35.5. The van der Waals surface area contributed by atoms with Gasteiger partial charge in [0.05, 0.1) is 51.2 Å². The summed E-state index contributed by atoms with van der Waals surface area (Å²) in [7, 11) is 7.41. The van der Waals surface area contributed by atoms with E-state index in [4.69, 9.17) is 35.3 Å². The van der Waals surface area contributed by atoms with Crippen LogP contribution in [0.3, 0.4) is 0 Å². The van der Waals surface area contributed by atoms with Gasteiger partial charge in [0.1, 0.15) is 0 Å². The van der Waals surface area contributed by atoms with Crippen LogP contribution in [0, 0.1) is 10.1 Å². The fourth-order valence-corrected chi connectivity index (χ4v) is 4.01. The maximum absolute atomic E-state index is 12.6. The van der Waals surface area contributed by atoms with Crippen LogP contribution in [0.5, 0.6) is 28.7 Å². The average Bonchev–Trinajstić information content (AvgIpc) is 2.94. The highest BCUT2D eigenvalue weighted by molar-refractivity contribution is 6.32. The Bertz CT molecular complexity index is 1410. The van der Waals surface area contributed by atoms with Crippen molar-refractivity contribution in [2.75, 3.05) is 40.9 Å². The SMILES string of the molecule is COc1ccc(C(=O)C=CNc2cc(C=Cc3cc(OC)c(OC)c(OC)c3)cc(Cl)c2OC)cc1[N+](=O)[O-]. The van der Waals surface area contributed by atoms with Gasteiger partial charge in [-0.25, -0.2) is 0 Å². The molecule has 0 aliphatic carbocycles. The Morgan fingerprint density at radius 2 is 1.41 bits per heavy atom. The summed E-state index contributed by atoms with van der Waals surface area (Å²) in [6.45, 7) is 0. The number of halogens is 1. The second-order valence-electron chi connectivity index (χ2n) is 7.86. The molecule has 0 aromatic heterocycles. The average molecular weight is 555 g/mol. The molecule has 0 atom stereocenters. The molecule has 0 aliphatic rings. The van der Waals surface area contributed by atoms with Crippen molar-refractivity contribution in [3.05, 3.63) is 86.6 Å². The van der Waals surface area contributed by atoms with Crippen LogP contribution in [0.15, 0.2) is 54.7 Å². The third-order valence-electron chi connectivity index (χ3n) is 5.56. The van der Waals surface area contributed by atoms with Crippen LogP contribution in [0.4, 0.5) is 11.4 Å². The van der Waals surface area contributed by atoms with Gasteiger partial charge in [-0.05, 0) is 47.5 Å². The molecule has 0 saturated carbocycles. The van der Waals surface area contributed by atoms with Gasteiger partial charge in [0.25, 0.3) is 0 Å². The molecule has 0 amide bonds. The van der Waals surface area contributed by atoms with Crippen LogP contribution in [-0.2, 0) is 0 Å². The molecule has 1 N–H and O–H groups in total. The van der Waals surface area contributed by atoms with E-state index in [9.17, 15) is 14.9 Å². The fourth-order valence-electron chi connectivity index (χ4n) is 3.70. The monoisotopic (exact) mass is 554 g/mol. The van der Waals surface area contributed by atoms with E-state index in [1.807, 2.05) is 12.2 Å². The molecular weight excluding hydrogens is 528 g/mol. The smallest absolute Gasteiger partial charge is 0.311 e. The lowest BCUT2D eigenvalue weighted by molar-refractivity contribution is -0.385. The highest BCUT2D eigenvalue weighted by Crippen LogP contribution is 2.39. The quantitative estimate of drug-likeness (QED) is 0.0908. The second kappa shape index (κ2) is 13.2. The zero-order chi connectivity index (χ0) is 28.5. The van der Waals surface area contributed by atoms with Crippen LogP contribution in [0.2, 0.25) is 5.02 Å². The first-order valence-corrected chi connectivity index (χ1v) is 11.8. The molecule has 0 unspecified atom stereocenters. The molecular formula is C28H27ClN2O8. The number of anilines is 1. The van der Waals surface area contributed by atoms with Gasteiger partial charge in [-0.1, -0.05) is 23.8 Å². The van der Waals surface area contributed by atoms with E-state index in [1.54, 1.807) is 38.5 Å². The van der Waals surface area contributed by atoms with Gasteiger partial charge < -0.3 is 29.0 Å². The maximum Gasteiger partial charge on any atom is 0.311 e. The minimum atomic E-state index is -0.610. The minimum absolute atomic E-state index is 0.0643. The molecule has 3 aromatic rings. The third kappa shape index (κ3) is 6.79. The number of allylic oxidation sites excluding steroid dienone is 1. The molecule has 0 radical (unpaired) electrons. The summed E-state index contributed by atoms with van der Waals surface area (Å²) in [5.74, 6) is 1.51. The van der Waals surface area contributed by atoms with Gasteiger partial charge in [0.15, 0.2) is 28.8 Å². The van der Waals surface area contributed by atoms with Crippen molar-refractivity contribution in [1.29, 1.82) is 0 Å². The molecule has 0 saturated heterocycles. The summed E-state index contributed by atoms with van der Waals surface area (Å²) >= 11 is 6.44. The molecule has 11 heteroatoms. The summed E-state index contributed by atoms with van der Waals surface area (Å²) in [4.78, 5) is 23.3. The van der Waals surface area contributed by atoms with Crippen LogP contribution >= 0.6 is 11.6 Å². The van der Waals surface area contributed by atoms with Gasteiger partial charge in [-0.15, -0.1) is 0 Å². The number of nitrogens with zero attached hydrogens (tertiary/aromatic N) is 1. The van der Waals surface area contributed by atoms with Crippen LogP contribution in [0.25, 0.3) is 12.2 Å². The zero-order valence-corrected chi connectivity index (χ0v) is 22.7. The molecule has 0 fully saturated rings. The van der Waals surface area contributed by atoms with Crippen molar-refractivity contribution in [3.63, 3.8) is 0 Å². The van der Waals surface area contributed by atoms with Crippen LogP contribution < -0.4 is 29.0 Å². The molecule has 39 heavy (non-hydrogen) atoms. The molecule has 3 rings (SSSR count). The first-order valence-electron chi connectivity index (χ1n) is 11.4. The number of carbonyl (C=O) groups excluding carboxylic acids is 1. The topological polar surface area (TPSA) is 118 Å². The number of hydrogen-bond donors (Lipinski definition) is 1. The normalized spacial score (nSPS) is 10.9. The number of nitro benzene ring substituents is 1. The number of methoxy groups -OCH3 is 5. The lowest BCUT2D eigenvalue weighted by atomic mass is 10.1. The Balaban J connectivity index is 1.86. The number of rotatable bonds is 12. The molecule has 0 spiro atoms. The second-order valence-corrected chi connectivity index (χ2v) is 8.27. The van der Waals surface area contributed by atoms with Crippen molar-refractivity contribution >= 4 is 40.9 Å². The number of ketones is 1. The Morgan fingerprint density at radius 3 is 1.95 bits per heavy atom. The van der Waals surface area contributed by atoms with E-state index in [0.717, 1.165) is 17.2 Å². The highest BCUT2D eigenvalue weighted by Gasteiger charge is 2.17. The fraction of sp³-hybridized carbons (Fsp3) is 0.179. The van der Waals surface area contributed by atoms with Gasteiger partial charge in [-0.2, -0.15) is 0 Å². The summed E-state index contributed by atoms with van der Waals surface area (Å²) in [6, 6.07) is 11.1. The number of nitro groups is 1. The minimum Gasteiger partial charge on any atom is -0.493 e. The van der Waals surface area contributed by atoms with Crippen molar-refractivity contribution < 1.29 is 33.4 Å². The number of hydrogen-bond acceptors (Lipinski definition) is 9. The predicted molar refractivity (Wildman–Crippen MR) is 150 cm³/mol. The molecule has 0 bridgehead atoms. The van der Waals surface area contributed by atoms with Crippen molar-refractivity contribution in [1.82, 2.24) is 0 Å². The molecule has 3 aromatic carbocycles. The number of carbonyl (C=O) groups is 1. The van der Waals surface area contributed by atoms with Crippen LogP contribution in [0.1, 0.15) is 21.5 Å². The Kier molecular flexibility index (Phi) is 9.77. The first kappa shape index (κ1) is 28.9. The lowest BCUT2D eigenvalue weighted by Gasteiger charge is -2.13. The number of ether oxygens (including phenoxy) is 5. The summed E-state index contributed by atoms with van der Waals surface area (Å²) in [5, 5.41) is 14.6. The Labute approximate surface area is 230 Å². The standard InChI is InChI=1S/C28H27ClN2O8/c1-35-24-9-8-19(16-22(24)31(33)34)23(32)10-11-30-21-13-17(12-20(29)27(21)38-4)6-7-18-14-25(36-2)28(39-5)26(15-18)37-3/h6-16,30H,1-5H3. The van der Waals surface area contributed by atoms with Gasteiger partial charge in [-0.3, -0.25) is 14.9 Å². The maximum atomic E-state index is 12.6. The molecule has 10 nitrogen and oxygen atoms in total. The van der Waals surface area contributed by atoms with Gasteiger partial charge >= 0.3 is 5.69 Å². The van der Waals surface area contributed by atoms with E-state index < -0.39 is 10.7 Å². The van der Waals surface area contributed by atoms with E-state index in [0.29, 0.717) is 33.7 Å². The van der Waals surface area contributed by atoms with E-state index in [2.05, 4.69) is 5.32 Å². The summed E-state index contributed by atoms with van der Waals surface area (Å²) < 4.78 is 26.6. The molecule has 0 aliphatic heterocycles. The van der Waals surface area contributed by atoms with E-state index >= 15 is 0 Å². The summed E-state index contributed by atoms with van der Waals surface area (Å²) in [5.41, 5.74) is 1.87. The first-order chi connectivity index (χ1) is 18.8. The van der Waals surface area contributed by atoms with Crippen molar-refractivity contribution in [3.8, 4) is 28.7 Å². The Hall–Kier alpha value is -4.70. The zero-order valence-electron chi connectivity index (χ0n) is 21.9. The predicted octanol–water partition coefficient (Wildman–Crippen LogP) is 6.27. The van der Waals surface area contributed by atoms with E-state index in [1.165, 1.54) is 45.7 Å². The van der Waals surface area contributed by atoms with Crippen molar-refractivity contribution in [2.24, 2.45) is 0 Å². The van der Waals surface area contributed by atoms with E-state index in [-0.39, 0.29) is 17.0 Å². The van der Waals surface area contributed by atoms with Crippen molar-refractivity contribution in [2.45, 2.75) is 0 Å². The van der Waals surface area contributed by atoms with Crippen LogP contribution in [-0.4, -0.2) is 46.3 Å². The third-order valence-corrected chi connectivity index (χ3v) is 5.84. The molecule has 204 valence electrons. The number of benzene rings is 3. The van der Waals surface area contributed by atoms with Gasteiger partial charge in [0, 0.05) is 23.9 Å².